The molecule has 1 unspecified atom stereocenters. The van der Waals surface area contributed by atoms with Crippen molar-refractivity contribution < 1.29 is 9.53 Å². The van der Waals surface area contributed by atoms with E-state index in [1.807, 2.05) is 80.9 Å². The third-order valence-electron chi connectivity index (χ3n) is 5.45. The van der Waals surface area contributed by atoms with Crippen molar-refractivity contribution in [2.45, 2.75) is 31.2 Å². The molecule has 0 fully saturated rings. The summed E-state index contributed by atoms with van der Waals surface area (Å²) in [4.78, 5) is 13.0. The molecule has 0 saturated carbocycles. The van der Waals surface area contributed by atoms with Gasteiger partial charge < -0.3 is 10.1 Å². The number of anilines is 1. The molecule has 0 aliphatic rings. The molecular weight excluding hydrogens is 472 g/mol. The first-order valence-corrected chi connectivity index (χ1v) is 11.9. The number of nitrogens with one attached hydrogen (secondary N) is 1. The molecular formula is C24H25ClN6O2S. The smallest absolute Gasteiger partial charge is 0.237 e. The molecule has 1 amide bonds. The molecule has 2 aromatic heterocycles. The van der Waals surface area contributed by atoms with Crippen LogP contribution in [0.15, 0.2) is 53.7 Å². The Balaban J connectivity index is 1.67. The molecule has 0 aliphatic heterocycles. The summed E-state index contributed by atoms with van der Waals surface area (Å²) in [6, 6.07) is 15.0. The summed E-state index contributed by atoms with van der Waals surface area (Å²) in [5, 5.41) is 17.0. The lowest BCUT2D eigenvalue weighted by atomic mass is 10.2. The third-order valence-corrected chi connectivity index (χ3v) is 6.75. The van der Waals surface area contributed by atoms with Crippen LogP contribution in [-0.4, -0.2) is 42.8 Å². The first-order valence-electron chi connectivity index (χ1n) is 10.6. The Hall–Kier alpha value is -3.30. The van der Waals surface area contributed by atoms with E-state index in [1.54, 1.807) is 11.8 Å². The summed E-state index contributed by atoms with van der Waals surface area (Å²) >= 11 is 7.44. The molecule has 2 heterocycles. The second-order valence-corrected chi connectivity index (χ2v) is 9.51. The number of hydrogen-bond donors (Lipinski definition) is 1. The van der Waals surface area contributed by atoms with Crippen LogP contribution in [0.2, 0.25) is 5.02 Å². The quantitative estimate of drug-likeness (QED) is 0.359. The Kier molecular flexibility index (Phi) is 6.95. The predicted octanol–water partition coefficient (Wildman–Crippen LogP) is 5.07. The van der Waals surface area contributed by atoms with Gasteiger partial charge in [0.05, 0.1) is 29.4 Å². The SMILES string of the molecule is COc1cccc(-c2nnc(SC(C)C(=O)Nc3c(C)nn(C)c3C)n2-c2ccc(Cl)cc2)c1. The van der Waals surface area contributed by atoms with E-state index in [-0.39, 0.29) is 5.91 Å². The van der Waals surface area contributed by atoms with Crippen molar-refractivity contribution in [1.82, 2.24) is 24.5 Å². The number of nitrogens with zero attached hydrogens (tertiary/aromatic N) is 5. The normalized spacial score (nSPS) is 11.9. The van der Waals surface area contributed by atoms with Crippen molar-refractivity contribution in [3.05, 3.63) is 64.9 Å². The van der Waals surface area contributed by atoms with Gasteiger partial charge in [0.15, 0.2) is 11.0 Å². The van der Waals surface area contributed by atoms with Crippen LogP contribution in [0, 0.1) is 13.8 Å². The van der Waals surface area contributed by atoms with Crippen molar-refractivity contribution in [3.8, 4) is 22.8 Å². The number of carbonyl (C=O) groups is 1. The molecule has 4 aromatic rings. The summed E-state index contributed by atoms with van der Waals surface area (Å²) in [6.45, 7) is 5.64. The van der Waals surface area contributed by atoms with Gasteiger partial charge in [0, 0.05) is 23.3 Å². The fraction of sp³-hybridized carbons (Fsp3) is 0.250. The van der Waals surface area contributed by atoms with Crippen LogP contribution >= 0.6 is 23.4 Å². The van der Waals surface area contributed by atoms with Gasteiger partial charge in [-0.1, -0.05) is 35.5 Å². The number of benzene rings is 2. The lowest BCUT2D eigenvalue weighted by molar-refractivity contribution is -0.115. The average molecular weight is 497 g/mol. The van der Waals surface area contributed by atoms with Crippen LogP contribution in [0.4, 0.5) is 5.69 Å². The van der Waals surface area contributed by atoms with E-state index >= 15 is 0 Å². The van der Waals surface area contributed by atoms with E-state index < -0.39 is 5.25 Å². The van der Waals surface area contributed by atoms with Gasteiger partial charge in [0.1, 0.15) is 5.75 Å². The summed E-state index contributed by atoms with van der Waals surface area (Å²) in [5.41, 5.74) is 4.08. The van der Waals surface area contributed by atoms with E-state index in [9.17, 15) is 4.79 Å². The minimum atomic E-state index is -0.438. The Morgan fingerprint density at radius 1 is 1.15 bits per heavy atom. The van der Waals surface area contributed by atoms with Crippen LogP contribution in [-0.2, 0) is 11.8 Å². The van der Waals surface area contributed by atoms with Gasteiger partial charge in [-0.2, -0.15) is 5.10 Å². The standard InChI is InChI=1S/C24H25ClN6O2S/c1-14-21(15(2)30(4)29-14)26-23(32)16(3)34-24-28-27-22(17-7-6-8-20(13-17)33-5)31(24)19-11-9-18(25)10-12-19/h6-13,16H,1-5H3,(H,26,32). The maximum absolute atomic E-state index is 13.0. The summed E-state index contributed by atoms with van der Waals surface area (Å²) in [7, 11) is 3.47. The van der Waals surface area contributed by atoms with E-state index in [2.05, 4.69) is 20.6 Å². The molecule has 34 heavy (non-hydrogen) atoms. The fourth-order valence-corrected chi connectivity index (χ4v) is 4.50. The molecule has 0 bridgehead atoms. The molecule has 1 N–H and O–H groups in total. The van der Waals surface area contributed by atoms with Crippen molar-refractivity contribution in [3.63, 3.8) is 0 Å². The molecule has 4 rings (SSSR count). The minimum absolute atomic E-state index is 0.141. The van der Waals surface area contributed by atoms with Crippen molar-refractivity contribution in [2.75, 3.05) is 12.4 Å². The lowest BCUT2D eigenvalue weighted by Gasteiger charge is -2.14. The lowest BCUT2D eigenvalue weighted by Crippen LogP contribution is -2.23. The summed E-state index contributed by atoms with van der Waals surface area (Å²) in [5.74, 6) is 1.21. The van der Waals surface area contributed by atoms with E-state index in [1.165, 1.54) is 11.8 Å². The van der Waals surface area contributed by atoms with Gasteiger partial charge in [0.2, 0.25) is 5.91 Å². The average Bonchev–Trinajstić information content (AvgIpc) is 3.35. The molecule has 1 atom stereocenters. The molecule has 2 aromatic carbocycles. The van der Waals surface area contributed by atoms with Crippen LogP contribution in [0.25, 0.3) is 17.1 Å². The number of carbonyl (C=O) groups excluding carboxylic acids is 1. The highest BCUT2D eigenvalue weighted by Crippen LogP contribution is 2.32. The first kappa shape index (κ1) is 23.8. The number of thioether (sulfide) groups is 1. The van der Waals surface area contributed by atoms with E-state index in [4.69, 9.17) is 16.3 Å². The Labute approximate surface area is 207 Å². The maximum atomic E-state index is 13.0. The van der Waals surface area contributed by atoms with Crippen molar-refractivity contribution >= 4 is 35.0 Å². The Morgan fingerprint density at radius 3 is 2.53 bits per heavy atom. The van der Waals surface area contributed by atoms with Gasteiger partial charge in [-0.15, -0.1) is 10.2 Å². The Bertz CT molecular complexity index is 1330. The molecule has 0 spiro atoms. The number of ether oxygens (including phenoxy) is 1. The summed E-state index contributed by atoms with van der Waals surface area (Å²) in [6.07, 6.45) is 0. The number of rotatable bonds is 7. The largest absolute Gasteiger partial charge is 0.497 e. The highest BCUT2D eigenvalue weighted by Gasteiger charge is 2.23. The van der Waals surface area contributed by atoms with Crippen LogP contribution in [0.1, 0.15) is 18.3 Å². The fourth-order valence-electron chi connectivity index (χ4n) is 3.51. The van der Waals surface area contributed by atoms with Crippen LogP contribution < -0.4 is 10.1 Å². The van der Waals surface area contributed by atoms with Gasteiger partial charge >= 0.3 is 0 Å². The summed E-state index contributed by atoms with van der Waals surface area (Å²) < 4.78 is 9.05. The van der Waals surface area contributed by atoms with Crippen molar-refractivity contribution in [2.24, 2.45) is 7.05 Å². The minimum Gasteiger partial charge on any atom is -0.497 e. The van der Waals surface area contributed by atoms with Gasteiger partial charge in [-0.25, -0.2) is 0 Å². The molecule has 176 valence electrons. The number of amides is 1. The van der Waals surface area contributed by atoms with Crippen molar-refractivity contribution in [1.29, 1.82) is 0 Å². The highest BCUT2D eigenvalue weighted by molar-refractivity contribution is 8.00. The number of aromatic nitrogens is 5. The zero-order valence-electron chi connectivity index (χ0n) is 19.5. The second kappa shape index (κ2) is 9.90. The highest BCUT2D eigenvalue weighted by atomic mass is 35.5. The Morgan fingerprint density at radius 2 is 1.88 bits per heavy atom. The number of methoxy groups -OCH3 is 1. The zero-order valence-corrected chi connectivity index (χ0v) is 21.1. The molecule has 8 nitrogen and oxygen atoms in total. The number of halogens is 1. The predicted molar refractivity (Wildman–Crippen MR) is 135 cm³/mol. The van der Waals surface area contributed by atoms with E-state index in [0.29, 0.717) is 21.8 Å². The number of aryl methyl sites for hydroxylation is 2. The first-order chi connectivity index (χ1) is 16.3. The van der Waals surface area contributed by atoms with Gasteiger partial charge in [0.25, 0.3) is 0 Å². The maximum Gasteiger partial charge on any atom is 0.237 e. The van der Waals surface area contributed by atoms with Crippen LogP contribution in [0.5, 0.6) is 5.75 Å². The third kappa shape index (κ3) is 4.80. The second-order valence-electron chi connectivity index (χ2n) is 7.77. The molecule has 0 aliphatic carbocycles. The number of hydrogen-bond acceptors (Lipinski definition) is 6. The molecule has 10 heteroatoms. The van der Waals surface area contributed by atoms with Gasteiger partial charge in [-0.05, 0) is 57.2 Å². The monoisotopic (exact) mass is 496 g/mol. The topological polar surface area (TPSA) is 86.9 Å². The molecule has 0 radical (unpaired) electrons. The van der Waals surface area contributed by atoms with Crippen LogP contribution in [0.3, 0.4) is 0 Å². The zero-order chi connectivity index (χ0) is 24.4. The van der Waals surface area contributed by atoms with E-state index in [0.717, 1.165) is 28.3 Å². The molecule has 0 saturated heterocycles. The van der Waals surface area contributed by atoms with Gasteiger partial charge in [-0.3, -0.25) is 14.0 Å².